The molecule has 3 aromatic rings. The quantitative estimate of drug-likeness (QED) is 0.322. The highest BCUT2D eigenvalue weighted by molar-refractivity contribution is 6.15. The van der Waals surface area contributed by atoms with Crippen molar-refractivity contribution in [3.63, 3.8) is 0 Å². The van der Waals surface area contributed by atoms with E-state index >= 15 is 0 Å². The number of esters is 2. The predicted octanol–water partition coefficient (Wildman–Crippen LogP) is 4.63. The number of Topliss-reactive ketones (excluding diaryl/α,β-unsaturated/α-hetero) is 1. The summed E-state index contributed by atoms with van der Waals surface area (Å²) in [6.45, 7) is 1.72. The summed E-state index contributed by atoms with van der Waals surface area (Å²) in [7, 11) is 2.86. The van der Waals surface area contributed by atoms with Gasteiger partial charge in [0.15, 0.2) is 5.76 Å². The number of benzene rings is 3. The molecule has 0 fully saturated rings. The lowest BCUT2D eigenvalue weighted by molar-refractivity contribution is 0.0600. The molecule has 3 aromatic carbocycles. The Morgan fingerprint density at radius 2 is 1.48 bits per heavy atom. The first-order valence-electron chi connectivity index (χ1n) is 10.0. The van der Waals surface area contributed by atoms with Crippen molar-refractivity contribution in [2.24, 2.45) is 0 Å². The smallest absolute Gasteiger partial charge is 0.343 e. The van der Waals surface area contributed by atoms with Crippen LogP contribution in [-0.4, -0.2) is 31.9 Å². The molecule has 0 spiro atoms. The number of allylic oxidation sites excluding steroid dienone is 1. The topological polar surface area (TPSA) is 88.1 Å². The van der Waals surface area contributed by atoms with Crippen molar-refractivity contribution in [2.75, 3.05) is 14.2 Å². The fourth-order valence-corrected chi connectivity index (χ4v) is 3.35. The van der Waals surface area contributed by atoms with Gasteiger partial charge in [-0.1, -0.05) is 12.1 Å². The molecule has 33 heavy (non-hydrogen) atoms. The molecule has 1 aliphatic heterocycles. The van der Waals surface area contributed by atoms with Crippen LogP contribution in [0.5, 0.6) is 17.2 Å². The van der Waals surface area contributed by atoms with Gasteiger partial charge in [0.25, 0.3) is 0 Å². The maximum atomic E-state index is 12.8. The van der Waals surface area contributed by atoms with Crippen molar-refractivity contribution in [3.05, 3.63) is 94.2 Å². The molecule has 0 radical (unpaired) electrons. The number of carbonyl (C=O) groups is 3. The monoisotopic (exact) mass is 444 g/mol. The molecular formula is C26H20O7. The van der Waals surface area contributed by atoms with E-state index in [-0.39, 0.29) is 11.5 Å². The lowest BCUT2D eigenvalue weighted by Crippen LogP contribution is -2.09. The maximum Gasteiger partial charge on any atom is 0.343 e. The summed E-state index contributed by atoms with van der Waals surface area (Å²) >= 11 is 0. The van der Waals surface area contributed by atoms with Crippen molar-refractivity contribution >= 4 is 23.8 Å². The number of rotatable bonds is 5. The normalized spacial score (nSPS) is 13.3. The molecule has 1 aliphatic rings. The van der Waals surface area contributed by atoms with E-state index in [9.17, 15) is 14.4 Å². The van der Waals surface area contributed by atoms with Crippen molar-refractivity contribution in [1.82, 2.24) is 0 Å². The van der Waals surface area contributed by atoms with Gasteiger partial charge in [0.2, 0.25) is 5.78 Å². The third-order valence-electron chi connectivity index (χ3n) is 5.19. The Morgan fingerprint density at radius 1 is 0.848 bits per heavy atom. The number of ether oxygens (including phenoxy) is 4. The van der Waals surface area contributed by atoms with Crippen LogP contribution in [0.2, 0.25) is 0 Å². The van der Waals surface area contributed by atoms with Gasteiger partial charge < -0.3 is 18.9 Å². The van der Waals surface area contributed by atoms with Gasteiger partial charge in [0, 0.05) is 5.56 Å². The second kappa shape index (κ2) is 9.00. The van der Waals surface area contributed by atoms with E-state index in [0.717, 1.165) is 0 Å². The Kier molecular flexibility index (Phi) is 5.95. The molecule has 0 amide bonds. The average molecular weight is 444 g/mol. The molecule has 1 heterocycles. The van der Waals surface area contributed by atoms with Gasteiger partial charge in [-0.2, -0.15) is 0 Å². The summed E-state index contributed by atoms with van der Waals surface area (Å²) in [6.07, 6.45) is 1.59. The Hall–Kier alpha value is -4.39. The summed E-state index contributed by atoms with van der Waals surface area (Å²) in [5, 5.41) is 0. The molecule has 0 N–H and O–H groups in total. The minimum absolute atomic E-state index is 0.137. The molecule has 0 aliphatic carbocycles. The number of ketones is 1. The number of hydrogen-bond donors (Lipinski definition) is 0. The Bertz CT molecular complexity index is 1270. The van der Waals surface area contributed by atoms with Gasteiger partial charge in [-0.15, -0.1) is 0 Å². The van der Waals surface area contributed by atoms with E-state index in [2.05, 4.69) is 4.74 Å². The first-order valence-corrected chi connectivity index (χ1v) is 10.0. The molecule has 0 saturated carbocycles. The van der Waals surface area contributed by atoms with Crippen molar-refractivity contribution in [1.29, 1.82) is 0 Å². The second-order valence-corrected chi connectivity index (χ2v) is 7.24. The fourth-order valence-electron chi connectivity index (χ4n) is 3.35. The number of fused-ring (bicyclic) bond motifs is 1. The van der Waals surface area contributed by atoms with E-state index < -0.39 is 11.9 Å². The van der Waals surface area contributed by atoms with E-state index in [1.165, 1.54) is 7.11 Å². The highest BCUT2D eigenvalue weighted by Crippen LogP contribution is 2.39. The summed E-state index contributed by atoms with van der Waals surface area (Å²) in [4.78, 5) is 36.9. The van der Waals surface area contributed by atoms with Crippen molar-refractivity contribution in [2.45, 2.75) is 6.92 Å². The van der Waals surface area contributed by atoms with E-state index in [1.54, 1.807) is 80.8 Å². The summed E-state index contributed by atoms with van der Waals surface area (Å²) in [5.74, 6) is 0.152. The van der Waals surface area contributed by atoms with Crippen molar-refractivity contribution < 1.29 is 33.3 Å². The third kappa shape index (κ3) is 4.34. The van der Waals surface area contributed by atoms with Crippen LogP contribution in [0.3, 0.4) is 0 Å². The van der Waals surface area contributed by atoms with Crippen LogP contribution in [0.25, 0.3) is 6.08 Å². The van der Waals surface area contributed by atoms with E-state index in [1.807, 2.05) is 0 Å². The maximum absolute atomic E-state index is 12.8. The highest BCUT2D eigenvalue weighted by atomic mass is 16.5. The number of carbonyl (C=O) groups excluding carboxylic acids is 3. The zero-order valence-electron chi connectivity index (χ0n) is 18.2. The summed E-state index contributed by atoms with van der Waals surface area (Å²) in [5.41, 5.74) is 2.37. The van der Waals surface area contributed by atoms with Gasteiger partial charge in [-0.05, 0) is 67.1 Å². The molecule has 0 unspecified atom stereocenters. The van der Waals surface area contributed by atoms with Crippen LogP contribution in [0.1, 0.15) is 42.2 Å². The van der Waals surface area contributed by atoms with Gasteiger partial charge in [0.1, 0.15) is 17.2 Å². The van der Waals surface area contributed by atoms with Crippen LogP contribution in [-0.2, 0) is 4.74 Å². The largest absolute Gasteiger partial charge is 0.497 e. The standard InChI is InChI=1S/C26H20O7/c1-15-21(33-26(29)18-8-10-19(30-2)11-9-18)13-12-20-23(27)22(32-24(15)20)14-16-4-6-17(7-5-16)25(28)31-3/h4-14H,1-3H3/b22-14-. The molecule has 7 heteroatoms. The van der Waals surface area contributed by atoms with Crippen LogP contribution in [0.4, 0.5) is 0 Å². The fraction of sp³-hybridized carbons (Fsp3) is 0.115. The van der Waals surface area contributed by atoms with Crippen LogP contribution in [0, 0.1) is 6.92 Å². The highest BCUT2D eigenvalue weighted by Gasteiger charge is 2.30. The molecule has 0 saturated heterocycles. The number of methoxy groups -OCH3 is 2. The Morgan fingerprint density at radius 3 is 2.12 bits per heavy atom. The van der Waals surface area contributed by atoms with E-state index in [4.69, 9.17) is 14.2 Å². The van der Waals surface area contributed by atoms with Gasteiger partial charge in [0.05, 0.1) is 30.9 Å². The van der Waals surface area contributed by atoms with Crippen LogP contribution in [0.15, 0.2) is 66.4 Å². The molecular weight excluding hydrogens is 424 g/mol. The van der Waals surface area contributed by atoms with Crippen LogP contribution < -0.4 is 14.2 Å². The Labute approximate surface area is 190 Å². The first kappa shape index (κ1) is 21.8. The summed E-state index contributed by atoms with van der Waals surface area (Å²) < 4.78 is 21.1. The molecule has 4 rings (SSSR count). The van der Waals surface area contributed by atoms with Crippen LogP contribution >= 0.6 is 0 Å². The zero-order valence-corrected chi connectivity index (χ0v) is 18.2. The second-order valence-electron chi connectivity index (χ2n) is 7.24. The molecule has 0 atom stereocenters. The minimum Gasteiger partial charge on any atom is -0.497 e. The lowest BCUT2D eigenvalue weighted by atomic mass is 10.1. The van der Waals surface area contributed by atoms with Gasteiger partial charge >= 0.3 is 11.9 Å². The SMILES string of the molecule is COC(=O)c1ccc(/C=C2\Oc3c(ccc(OC(=O)c4ccc(OC)cc4)c3C)C2=O)cc1. The van der Waals surface area contributed by atoms with Gasteiger partial charge in [-0.3, -0.25) is 4.79 Å². The molecule has 0 aromatic heterocycles. The minimum atomic E-state index is -0.536. The molecule has 7 nitrogen and oxygen atoms in total. The average Bonchev–Trinajstić information content (AvgIpc) is 3.16. The number of hydrogen-bond acceptors (Lipinski definition) is 7. The lowest BCUT2D eigenvalue weighted by Gasteiger charge is -2.10. The summed E-state index contributed by atoms with van der Waals surface area (Å²) in [6, 6.07) is 16.3. The van der Waals surface area contributed by atoms with E-state index in [0.29, 0.717) is 45.1 Å². The molecule has 166 valence electrons. The Balaban J connectivity index is 1.55. The third-order valence-corrected chi connectivity index (χ3v) is 5.19. The predicted molar refractivity (Wildman–Crippen MR) is 120 cm³/mol. The van der Waals surface area contributed by atoms with Crippen molar-refractivity contribution in [3.8, 4) is 17.2 Å². The van der Waals surface area contributed by atoms with Gasteiger partial charge in [-0.25, -0.2) is 9.59 Å². The zero-order chi connectivity index (χ0) is 23.5. The molecule has 0 bridgehead atoms. The first-order chi connectivity index (χ1) is 15.9.